The van der Waals surface area contributed by atoms with Crippen molar-refractivity contribution in [3.05, 3.63) is 71.7 Å². The third-order valence-electron chi connectivity index (χ3n) is 3.82. The minimum Gasteiger partial charge on any atom is -0.339 e. The number of anilines is 4. The van der Waals surface area contributed by atoms with E-state index in [0.29, 0.717) is 11.5 Å². The molecule has 1 heterocycles. The number of aromatic nitrogens is 2. The molecule has 142 valence electrons. The van der Waals surface area contributed by atoms with Crippen molar-refractivity contribution in [2.45, 2.75) is 20.8 Å². The number of nitrogens with zero attached hydrogens (tertiary/aromatic N) is 2. The third-order valence-corrected chi connectivity index (χ3v) is 3.82. The lowest BCUT2D eigenvalue weighted by Crippen LogP contribution is -2.14. The van der Waals surface area contributed by atoms with Crippen molar-refractivity contribution in [1.82, 2.24) is 9.97 Å². The van der Waals surface area contributed by atoms with Crippen LogP contribution in [0.5, 0.6) is 0 Å². The van der Waals surface area contributed by atoms with Crippen LogP contribution in [-0.2, 0) is 4.79 Å². The van der Waals surface area contributed by atoms with Gasteiger partial charge in [0.1, 0.15) is 11.5 Å². The van der Waals surface area contributed by atoms with Gasteiger partial charge in [-0.25, -0.2) is 9.97 Å². The topological polar surface area (TPSA) is 96.0 Å². The van der Waals surface area contributed by atoms with E-state index in [9.17, 15) is 9.59 Å². The van der Waals surface area contributed by atoms with E-state index >= 15 is 0 Å². The molecule has 0 radical (unpaired) electrons. The molecule has 7 heteroatoms. The lowest BCUT2D eigenvalue weighted by Gasteiger charge is -2.09. The fourth-order valence-corrected chi connectivity index (χ4v) is 2.78. The first-order valence-corrected chi connectivity index (χ1v) is 8.75. The molecule has 2 aromatic carbocycles. The maximum absolute atomic E-state index is 12.4. The predicted molar refractivity (Wildman–Crippen MR) is 110 cm³/mol. The number of carbonyl (C=O) groups is 2. The van der Waals surface area contributed by atoms with E-state index in [0.717, 1.165) is 22.5 Å². The Morgan fingerprint density at radius 3 is 2.18 bits per heavy atom. The van der Waals surface area contributed by atoms with Crippen molar-refractivity contribution >= 4 is 34.7 Å². The van der Waals surface area contributed by atoms with Crippen LogP contribution in [0.1, 0.15) is 28.5 Å². The van der Waals surface area contributed by atoms with E-state index in [1.807, 2.05) is 44.2 Å². The van der Waals surface area contributed by atoms with E-state index in [-0.39, 0.29) is 17.5 Å². The van der Waals surface area contributed by atoms with Gasteiger partial charge < -0.3 is 16.0 Å². The molecule has 0 saturated carbocycles. The van der Waals surface area contributed by atoms with Gasteiger partial charge in [-0.15, -0.1) is 0 Å². The summed E-state index contributed by atoms with van der Waals surface area (Å²) in [6.07, 6.45) is 2.90. The molecule has 0 aliphatic heterocycles. The standard InChI is InChI=1S/C21H21N5O2/c1-13-7-14(2)9-18(8-13)26-21(28)19-11-23-20(12-22-19)25-17-6-4-5-16(10-17)24-15(3)27/h4-12H,1-3H3,(H,23,25)(H,24,27)(H,26,28). The first-order valence-electron chi connectivity index (χ1n) is 8.75. The molecule has 0 atom stereocenters. The summed E-state index contributed by atoms with van der Waals surface area (Å²) in [5, 5.41) is 8.64. The number of hydrogen-bond acceptors (Lipinski definition) is 5. The molecular formula is C21H21N5O2. The van der Waals surface area contributed by atoms with Crippen molar-refractivity contribution in [2.24, 2.45) is 0 Å². The predicted octanol–water partition coefficient (Wildman–Crippen LogP) is 4.05. The maximum atomic E-state index is 12.4. The number of carbonyl (C=O) groups excluding carboxylic acids is 2. The fourth-order valence-electron chi connectivity index (χ4n) is 2.78. The highest BCUT2D eigenvalue weighted by Gasteiger charge is 2.09. The first kappa shape index (κ1) is 19.0. The van der Waals surface area contributed by atoms with E-state index in [1.165, 1.54) is 19.3 Å². The lowest BCUT2D eigenvalue weighted by molar-refractivity contribution is -0.114. The lowest BCUT2D eigenvalue weighted by atomic mass is 10.1. The highest BCUT2D eigenvalue weighted by atomic mass is 16.2. The van der Waals surface area contributed by atoms with Gasteiger partial charge in [0.25, 0.3) is 5.91 Å². The summed E-state index contributed by atoms with van der Waals surface area (Å²) in [7, 11) is 0. The Morgan fingerprint density at radius 2 is 1.54 bits per heavy atom. The Morgan fingerprint density at radius 1 is 0.821 bits per heavy atom. The maximum Gasteiger partial charge on any atom is 0.275 e. The molecule has 28 heavy (non-hydrogen) atoms. The summed E-state index contributed by atoms with van der Waals surface area (Å²) >= 11 is 0. The van der Waals surface area contributed by atoms with E-state index in [2.05, 4.69) is 25.9 Å². The summed E-state index contributed by atoms with van der Waals surface area (Å²) in [6, 6.07) is 13.1. The van der Waals surface area contributed by atoms with Crippen molar-refractivity contribution in [1.29, 1.82) is 0 Å². The van der Waals surface area contributed by atoms with Gasteiger partial charge in [-0.3, -0.25) is 9.59 Å². The second kappa shape index (κ2) is 8.30. The van der Waals surface area contributed by atoms with Crippen LogP contribution in [0.4, 0.5) is 22.9 Å². The fraction of sp³-hybridized carbons (Fsp3) is 0.143. The van der Waals surface area contributed by atoms with Gasteiger partial charge in [0.15, 0.2) is 0 Å². The Hall–Kier alpha value is -3.74. The van der Waals surface area contributed by atoms with Gasteiger partial charge in [0, 0.05) is 24.0 Å². The molecule has 3 aromatic rings. The van der Waals surface area contributed by atoms with Gasteiger partial charge >= 0.3 is 0 Å². The highest BCUT2D eigenvalue weighted by Crippen LogP contribution is 2.19. The van der Waals surface area contributed by atoms with Crippen molar-refractivity contribution in [3.8, 4) is 0 Å². The average molecular weight is 375 g/mol. The Balaban J connectivity index is 1.67. The van der Waals surface area contributed by atoms with E-state index < -0.39 is 0 Å². The van der Waals surface area contributed by atoms with Crippen LogP contribution in [0.25, 0.3) is 0 Å². The minimum absolute atomic E-state index is 0.142. The SMILES string of the molecule is CC(=O)Nc1cccc(Nc2cnc(C(=O)Nc3cc(C)cc(C)c3)cn2)c1. The molecule has 3 N–H and O–H groups in total. The molecule has 0 spiro atoms. The molecule has 2 amide bonds. The first-order chi connectivity index (χ1) is 13.4. The largest absolute Gasteiger partial charge is 0.339 e. The van der Waals surface area contributed by atoms with Crippen LogP contribution < -0.4 is 16.0 Å². The summed E-state index contributed by atoms with van der Waals surface area (Å²) in [4.78, 5) is 32.0. The van der Waals surface area contributed by atoms with Crippen molar-refractivity contribution in [3.63, 3.8) is 0 Å². The normalized spacial score (nSPS) is 10.2. The molecule has 0 unspecified atom stereocenters. The number of hydrogen-bond donors (Lipinski definition) is 3. The van der Waals surface area contributed by atoms with E-state index in [4.69, 9.17) is 0 Å². The number of rotatable bonds is 5. The summed E-state index contributed by atoms with van der Waals surface area (Å²) < 4.78 is 0. The summed E-state index contributed by atoms with van der Waals surface area (Å²) in [5.41, 5.74) is 4.51. The van der Waals surface area contributed by atoms with Crippen LogP contribution in [0, 0.1) is 13.8 Å². The molecule has 0 aliphatic carbocycles. The molecule has 3 rings (SSSR count). The molecule has 0 saturated heterocycles. The van der Waals surface area contributed by atoms with Gasteiger partial charge in [0.2, 0.25) is 5.91 Å². The van der Waals surface area contributed by atoms with Crippen LogP contribution in [0.2, 0.25) is 0 Å². The molecule has 0 fully saturated rings. The van der Waals surface area contributed by atoms with Crippen molar-refractivity contribution < 1.29 is 9.59 Å². The number of aryl methyl sites for hydroxylation is 2. The van der Waals surface area contributed by atoms with Gasteiger partial charge in [-0.1, -0.05) is 12.1 Å². The smallest absolute Gasteiger partial charge is 0.275 e. The Labute approximate surface area is 163 Å². The number of amides is 2. The second-order valence-electron chi connectivity index (χ2n) is 6.50. The number of nitrogens with one attached hydrogen (secondary N) is 3. The minimum atomic E-state index is -0.322. The van der Waals surface area contributed by atoms with Crippen LogP contribution in [0.3, 0.4) is 0 Å². The average Bonchev–Trinajstić information content (AvgIpc) is 2.61. The van der Waals surface area contributed by atoms with Gasteiger partial charge in [-0.2, -0.15) is 0 Å². The van der Waals surface area contributed by atoms with Crippen LogP contribution in [-0.4, -0.2) is 21.8 Å². The molecule has 1 aromatic heterocycles. The van der Waals surface area contributed by atoms with Gasteiger partial charge in [0.05, 0.1) is 12.4 Å². The van der Waals surface area contributed by atoms with E-state index in [1.54, 1.807) is 12.1 Å². The monoisotopic (exact) mass is 375 g/mol. The van der Waals surface area contributed by atoms with Crippen LogP contribution >= 0.6 is 0 Å². The zero-order valence-corrected chi connectivity index (χ0v) is 15.9. The quantitative estimate of drug-likeness (QED) is 0.625. The second-order valence-corrected chi connectivity index (χ2v) is 6.50. The summed E-state index contributed by atoms with van der Waals surface area (Å²) in [5.74, 6) is 0.0238. The zero-order valence-electron chi connectivity index (χ0n) is 15.9. The third kappa shape index (κ3) is 5.14. The molecular weight excluding hydrogens is 354 g/mol. The Kier molecular flexibility index (Phi) is 5.64. The molecule has 0 bridgehead atoms. The summed E-state index contributed by atoms with van der Waals surface area (Å²) in [6.45, 7) is 5.40. The van der Waals surface area contributed by atoms with Crippen molar-refractivity contribution in [2.75, 3.05) is 16.0 Å². The van der Waals surface area contributed by atoms with Crippen LogP contribution in [0.15, 0.2) is 54.9 Å². The highest BCUT2D eigenvalue weighted by molar-refractivity contribution is 6.02. The number of benzene rings is 2. The molecule has 7 nitrogen and oxygen atoms in total. The zero-order chi connectivity index (χ0) is 20.1. The van der Waals surface area contributed by atoms with Gasteiger partial charge in [-0.05, 0) is 55.3 Å². The molecule has 0 aliphatic rings. The Bertz CT molecular complexity index is 995.